The van der Waals surface area contributed by atoms with Gasteiger partial charge in [-0.2, -0.15) is 0 Å². The van der Waals surface area contributed by atoms with E-state index in [2.05, 4.69) is 49.5 Å². The first-order valence-electron chi connectivity index (χ1n) is 7.55. The molecular weight excluding hydrogens is 264 g/mol. The molecule has 0 aliphatic carbocycles. The summed E-state index contributed by atoms with van der Waals surface area (Å²) in [5.74, 6) is 0. The van der Waals surface area contributed by atoms with Crippen molar-refractivity contribution in [3.05, 3.63) is 51.5 Å². The summed E-state index contributed by atoms with van der Waals surface area (Å²) in [5, 5.41) is 4.74. The number of thiazole rings is 1. The van der Waals surface area contributed by atoms with E-state index in [1.165, 1.54) is 27.6 Å². The van der Waals surface area contributed by atoms with E-state index >= 15 is 0 Å². The summed E-state index contributed by atoms with van der Waals surface area (Å²) in [6, 6.07) is 10.6. The van der Waals surface area contributed by atoms with Crippen molar-refractivity contribution in [2.24, 2.45) is 0 Å². The molecule has 0 atom stereocenters. The third-order valence-electron chi connectivity index (χ3n) is 3.22. The van der Waals surface area contributed by atoms with Gasteiger partial charge in [-0.1, -0.05) is 50.6 Å². The molecule has 1 N–H and O–H groups in total. The van der Waals surface area contributed by atoms with Gasteiger partial charge in [-0.3, -0.25) is 0 Å². The fourth-order valence-corrected chi connectivity index (χ4v) is 3.35. The van der Waals surface area contributed by atoms with Gasteiger partial charge < -0.3 is 5.32 Å². The lowest BCUT2D eigenvalue weighted by atomic mass is 10.2. The number of benzene rings is 1. The highest BCUT2D eigenvalue weighted by Crippen LogP contribution is 2.22. The minimum absolute atomic E-state index is 0.954. The second-order valence-corrected chi connectivity index (χ2v) is 6.23. The molecular formula is C17H24N2S. The normalized spacial score (nSPS) is 10.9. The zero-order chi connectivity index (χ0) is 14.2. The molecule has 0 aliphatic rings. The number of aromatic nitrogens is 1. The van der Waals surface area contributed by atoms with E-state index in [1.807, 2.05) is 11.3 Å². The number of hydrogen-bond acceptors (Lipinski definition) is 3. The lowest BCUT2D eigenvalue weighted by molar-refractivity contribution is 0.674. The molecule has 3 heteroatoms. The Kier molecular flexibility index (Phi) is 6.22. The maximum absolute atomic E-state index is 4.85. The van der Waals surface area contributed by atoms with Gasteiger partial charge in [-0.15, -0.1) is 11.3 Å². The Morgan fingerprint density at radius 1 is 1.10 bits per heavy atom. The van der Waals surface area contributed by atoms with Crippen molar-refractivity contribution in [1.29, 1.82) is 0 Å². The molecule has 0 fully saturated rings. The number of rotatable bonds is 8. The molecule has 0 unspecified atom stereocenters. The van der Waals surface area contributed by atoms with Crippen molar-refractivity contribution in [3.63, 3.8) is 0 Å². The lowest BCUT2D eigenvalue weighted by Crippen LogP contribution is -2.13. The Labute approximate surface area is 126 Å². The van der Waals surface area contributed by atoms with E-state index in [4.69, 9.17) is 4.98 Å². The fraction of sp³-hybridized carbons (Fsp3) is 0.471. The van der Waals surface area contributed by atoms with Gasteiger partial charge in [0, 0.05) is 17.8 Å². The molecule has 0 saturated heterocycles. The topological polar surface area (TPSA) is 24.9 Å². The average Bonchev–Trinajstić information content (AvgIpc) is 2.83. The van der Waals surface area contributed by atoms with Crippen LogP contribution < -0.4 is 5.32 Å². The first-order valence-corrected chi connectivity index (χ1v) is 8.37. The SMILES string of the molecule is CCCNCc1sc(Cc2ccccc2)nc1CCC. The predicted molar refractivity (Wildman–Crippen MR) is 87.4 cm³/mol. The van der Waals surface area contributed by atoms with E-state index in [0.717, 1.165) is 32.4 Å². The Morgan fingerprint density at radius 3 is 2.60 bits per heavy atom. The highest BCUT2D eigenvalue weighted by Gasteiger charge is 2.10. The van der Waals surface area contributed by atoms with Crippen LogP contribution in [0, 0.1) is 0 Å². The zero-order valence-corrected chi connectivity index (χ0v) is 13.3. The summed E-state index contributed by atoms with van der Waals surface area (Å²) >= 11 is 1.87. The molecule has 0 saturated carbocycles. The standard InChI is InChI=1S/C17H24N2S/c1-3-8-15-16(13-18-11-4-2)20-17(19-15)12-14-9-6-5-7-10-14/h5-7,9-10,18H,3-4,8,11-13H2,1-2H3. The minimum atomic E-state index is 0.954. The van der Waals surface area contributed by atoms with Crippen molar-refractivity contribution < 1.29 is 0 Å². The maximum Gasteiger partial charge on any atom is 0.0975 e. The van der Waals surface area contributed by atoms with Crippen molar-refractivity contribution in [2.75, 3.05) is 6.54 Å². The summed E-state index contributed by atoms with van der Waals surface area (Å²) in [6.45, 7) is 6.47. The van der Waals surface area contributed by atoms with Gasteiger partial charge >= 0.3 is 0 Å². The van der Waals surface area contributed by atoms with Crippen LogP contribution in [0.25, 0.3) is 0 Å². The van der Waals surface area contributed by atoms with E-state index in [0.29, 0.717) is 0 Å². The van der Waals surface area contributed by atoms with Crippen LogP contribution in [-0.2, 0) is 19.4 Å². The van der Waals surface area contributed by atoms with Crippen molar-refractivity contribution in [1.82, 2.24) is 10.3 Å². The molecule has 2 nitrogen and oxygen atoms in total. The van der Waals surface area contributed by atoms with Gasteiger partial charge in [0.25, 0.3) is 0 Å². The summed E-state index contributed by atoms with van der Waals surface area (Å²) in [5.41, 5.74) is 2.64. The van der Waals surface area contributed by atoms with Crippen LogP contribution in [0.1, 0.15) is 47.8 Å². The third-order valence-corrected chi connectivity index (χ3v) is 4.32. The van der Waals surface area contributed by atoms with E-state index < -0.39 is 0 Å². The molecule has 1 aromatic heterocycles. The lowest BCUT2D eigenvalue weighted by Gasteiger charge is -2.02. The number of aryl methyl sites for hydroxylation is 1. The second kappa shape index (κ2) is 8.18. The number of nitrogens with one attached hydrogen (secondary N) is 1. The molecule has 0 spiro atoms. The van der Waals surface area contributed by atoms with E-state index in [-0.39, 0.29) is 0 Å². The zero-order valence-electron chi connectivity index (χ0n) is 12.5. The van der Waals surface area contributed by atoms with Crippen LogP contribution >= 0.6 is 11.3 Å². The highest BCUT2D eigenvalue weighted by molar-refractivity contribution is 7.11. The van der Waals surface area contributed by atoms with Crippen molar-refractivity contribution in [3.8, 4) is 0 Å². The van der Waals surface area contributed by atoms with Crippen LogP contribution in [0.3, 0.4) is 0 Å². The maximum atomic E-state index is 4.85. The average molecular weight is 288 g/mol. The smallest absolute Gasteiger partial charge is 0.0975 e. The monoisotopic (exact) mass is 288 g/mol. The summed E-state index contributed by atoms with van der Waals surface area (Å²) in [6.07, 6.45) is 4.39. The van der Waals surface area contributed by atoms with Gasteiger partial charge in [0.1, 0.15) is 0 Å². The fourth-order valence-electron chi connectivity index (χ4n) is 2.23. The van der Waals surface area contributed by atoms with Crippen molar-refractivity contribution in [2.45, 2.75) is 46.1 Å². The molecule has 0 radical (unpaired) electrons. The molecule has 108 valence electrons. The van der Waals surface area contributed by atoms with Crippen LogP contribution in [0.2, 0.25) is 0 Å². The number of nitrogens with zero attached hydrogens (tertiary/aromatic N) is 1. The Balaban J connectivity index is 2.07. The Morgan fingerprint density at radius 2 is 1.90 bits per heavy atom. The predicted octanol–water partition coefficient (Wildman–Crippen LogP) is 4.19. The number of hydrogen-bond donors (Lipinski definition) is 1. The molecule has 0 bridgehead atoms. The van der Waals surface area contributed by atoms with Crippen LogP contribution in [-0.4, -0.2) is 11.5 Å². The largest absolute Gasteiger partial charge is 0.312 e. The van der Waals surface area contributed by atoms with Crippen LogP contribution in [0.4, 0.5) is 0 Å². The molecule has 2 aromatic rings. The van der Waals surface area contributed by atoms with Gasteiger partial charge in [-0.25, -0.2) is 4.98 Å². The third kappa shape index (κ3) is 4.43. The van der Waals surface area contributed by atoms with Gasteiger partial charge in [0.2, 0.25) is 0 Å². The Bertz CT molecular complexity index is 505. The molecule has 2 rings (SSSR count). The molecule has 1 heterocycles. The summed E-state index contributed by atoms with van der Waals surface area (Å²) < 4.78 is 0. The highest BCUT2D eigenvalue weighted by atomic mass is 32.1. The molecule has 0 aliphatic heterocycles. The molecule has 20 heavy (non-hydrogen) atoms. The van der Waals surface area contributed by atoms with Gasteiger partial charge in [0.05, 0.1) is 10.7 Å². The van der Waals surface area contributed by atoms with Crippen LogP contribution in [0.5, 0.6) is 0 Å². The van der Waals surface area contributed by atoms with Crippen molar-refractivity contribution >= 4 is 11.3 Å². The van der Waals surface area contributed by atoms with Gasteiger partial charge in [-0.05, 0) is 24.9 Å². The quantitative estimate of drug-likeness (QED) is 0.737. The van der Waals surface area contributed by atoms with Gasteiger partial charge in [0.15, 0.2) is 0 Å². The molecule has 1 aromatic carbocycles. The van der Waals surface area contributed by atoms with E-state index in [1.54, 1.807) is 0 Å². The second-order valence-electron chi connectivity index (χ2n) is 5.07. The van der Waals surface area contributed by atoms with Crippen LogP contribution in [0.15, 0.2) is 30.3 Å². The minimum Gasteiger partial charge on any atom is -0.312 e. The van der Waals surface area contributed by atoms with E-state index in [9.17, 15) is 0 Å². The molecule has 0 amide bonds. The first kappa shape index (κ1) is 15.2. The summed E-state index contributed by atoms with van der Waals surface area (Å²) in [4.78, 5) is 6.27. The summed E-state index contributed by atoms with van der Waals surface area (Å²) in [7, 11) is 0. The Hall–Kier alpha value is -1.19. The first-order chi connectivity index (χ1) is 9.83.